The van der Waals surface area contributed by atoms with Crippen LogP contribution >= 0.6 is 11.8 Å². The summed E-state index contributed by atoms with van der Waals surface area (Å²) in [4.78, 5) is 0.591. The van der Waals surface area contributed by atoms with Crippen LogP contribution in [-0.2, 0) is 0 Å². The molecule has 2 atom stereocenters. The van der Waals surface area contributed by atoms with E-state index in [1.165, 1.54) is 17.8 Å². The number of halogens is 3. The van der Waals surface area contributed by atoms with E-state index in [0.29, 0.717) is 11.3 Å². The fourth-order valence-corrected chi connectivity index (χ4v) is 2.90. The molecule has 0 radical (unpaired) electrons. The molecule has 2 nitrogen and oxygen atoms in total. The van der Waals surface area contributed by atoms with E-state index in [2.05, 4.69) is 5.32 Å². The van der Waals surface area contributed by atoms with Crippen LogP contribution in [0.5, 0.6) is 0 Å². The minimum absolute atomic E-state index is 0.208. The van der Waals surface area contributed by atoms with Gasteiger partial charge in [0.1, 0.15) is 6.04 Å². The van der Waals surface area contributed by atoms with Crippen molar-refractivity contribution in [2.75, 3.05) is 12.9 Å². The first-order valence-corrected chi connectivity index (χ1v) is 8.08. The van der Waals surface area contributed by atoms with Gasteiger partial charge in [0.05, 0.1) is 6.61 Å². The Labute approximate surface area is 128 Å². The number of nitrogens with one attached hydrogen (secondary N) is 1. The molecule has 0 bridgehead atoms. The molecule has 1 rings (SSSR count). The van der Waals surface area contributed by atoms with Gasteiger partial charge in [-0.25, -0.2) is 0 Å². The number of benzene rings is 1. The third kappa shape index (κ3) is 5.52. The molecule has 2 N–H and O–H groups in total. The molecule has 0 saturated carbocycles. The number of hydrogen-bond donors (Lipinski definition) is 2. The van der Waals surface area contributed by atoms with Crippen LogP contribution in [0.25, 0.3) is 0 Å². The summed E-state index contributed by atoms with van der Waals surface area (Å²) in [6, 6.07) is 4.15. The summed E-state index contributed by atoms with van der Waals surface area (Å²) in [7, 11) is 0. The first-order valence-electron chi connectivity index (χ1n) is 6.86. The van der Waals surface area contributed by atoms with E-state index in [1.54, 1.807) is 24.5 Å². The molecule has 0 amide bonds. The van der Waals surface area contributed by atoms with E-state index in [1.807, 2.05) is 13.8 Å². The second-order valence-electron chi connectivity index (χ2n) is 5.39. The lowest BCUT2D eigenvalue weighted by Gasteiger charge is -2.29. The highest BCUT2D eigenvalue weighted by molar-refractivity contribution is 7.98. The highest BCUT2D eigenvalue weighted by atomic mass is 32.2. The van der Waals surface area contributed by atoms with Crippen molar-refractivity contribution in [1.29, 1.82) is 0 Å². The first-order chi connectivity index (χ1) is 9.79. The lowest BCUT2D eigenvalue weighted by Crippen LogP contribution is -2.43. The van der Waals surface area contributed by atoms with Crippen molar-refractivity contribution in [1.82, 2.24) is 5.32 Å². The number of hydrogen-bond acceptors (Lipinski definition) is 3. The molecule has 1 aromatic carbocycles. The van der Waals surface area contributed by atoms with Gasteiger partial charge >= 0.3 is 6.18 Å². The van der Waals surface area contributed by atoms with Crippen molar-refractivity contribution in [3.05, 3.63) is 29.8 Å². The third-order valence-electron chi connectivity index (χ3n) is 3.16. The van der Waals surface area contributed by atoms with Crippen molar-refractivity contribution in [2.24, 2.45) is 5.92 Å². The number of aliphatic hydroxyl groups excluding tert-OH is 1. The van der Waals surface area contributed by atoms with Gasteiger partial charge in [0.15, 0.2) is 0 Å². The molecule has 21 heavy (non-hydrogen) atoms. The molecule has 0 heterocycles. The molecular formula is C15H22F3NOS. The molecule has 120 valence electrons. The van der Waals surface area contributed by atoms with Crippen LogP contribution in [0.4, 0.5) is 13.2 Å². The summed E-state index contributed by atoms with van der Waals surface area (Å²) in [6.07, 6.45) is -2.16. The van der Waals surface area contributed by atoms with Crippen LogP contribution in [-0.4, -0.2) is 30.2 Å². The quantitative estimate of drug-likeness (QED) is 0.744. The Morgan fingerprint density at radius 3 is 2.33 bits per heavy atom. The number of aliphatic hydroxyl groups is 1. The molecule has 0 fully saturated rings. The summed E-state index contributed by atoms with van der Waals surface area (Å²) in [5, 5.41) is 11.9. The maximum Gasteiger partial charge on any atom is 0.407 e. The molecule has 0 unspecified atom stereocenters. The maximum absolute atomic E-state index is 13.4. The highest BCUT2D eigenvalue weighted by Gasteiger charge is 2.42. The standard InChI is InChI=1S/C15H22F3NOS/c1-10(2)8-11(9-20)19-14(15(16,17)18)12-6-4-5-7-13(12)21-3/h4-7,10-11,14,19-20H,8-9H2,1-3H3/t11-,14-/m0/s1. The van der Waals surface area contributed by atoms with Crippen LogP contribution in [0.1, 0.15) is 31.9 Å². The Morgan fingerprint density at radius 2 is 1.86 bits per heavy atom. The second-order valence-corrected chi connectivity index (χ2v) is 6.24. The minimum atomic E-state index is -4.41. The van der Waals surface area contributed by atoms with E-state index in [-0.39, 0.29) is 18.1 Å². The molecule has 0 aliphatic heterocycles. The van der Waals surface area contributed by atoms with Crippen LogP contribution in [0, 0.1) is 5.92 Å². The van der Waals surface area contributed by atoms with E-state index < -0.39 is 18.3 Å². The maximum atomic E-state index is 13.4. The van der Waals surface area contributed by atoms with Crippen LogP contribution in [0.15, 0.2) is 29.2 Å². The first kappa shape index (κ1) is 18.3. The zero-order valence-electron chi connectivity index (χ0n) is 12.4. The topological polar surface area (TPSA) is 32.3 Å². The van der Waals surface area contributed by atoms with Gasteiger partial charge in [-0.1, -0.05) is 32.0 Å². The van der Waals surface area contributed by atoms with Gasteiger partial charge in [-0.15, -0.1) is 11.8 Å². The fourth-order valence-electron chi connectivity index (χ4n) is 2.27. The lowest BCUT2D eigenvalue weighted by atomic mass is 10.0. The summed E-state index contributed by atoms with van der Waals surface area (Å²) >= 11 is 1.29. The van der Waals surface area contributed by atoms with Crippen molar-refractivity contribution in [2.45, 2.75) is 43.4 Å². The Kier molecular flexibility index (Phi) is 7.03. The Bertz CT molecular complexity index is 437. The predicted octanol–water partition coefficient (Wildman–Crippen LogP) is 4.01. The molecule has 0 spiro atoms. The predicted molar refractivity (Wildman–Crippen MR) is 80.5 cm³/mol. The zero-order valence-corrected chi connectivity index (χ0v) is 13.3. The van der Waals surface area contributed by atoms with E-state index >= 15 is 0 Å². The van der Waals surface area contributed by atoms with Crippen molar-refractivity contribution < 1.29 is 18.3 Å². The van der Waals surface area contributed by atoms with Crippen molar-refractivity contribution >= 4 is 11.8 Å². The van der Waals surface area contributed by atoms with Crippen LogP contribution < -0.4 is 5.32 Å². The Morgan fingerprint density at radius 1 is 1.24 bits per heavy atom. The second kappa shape index (κ2) is 8.06. The van der Waals surface area contributed by atoms with Crippen LogP contribution in [0.2, 0.25) is 0 Å². The van der Waals surface area contributed by atoms with Gasteiger partial charge in [-0.05, 0) is 30.2 Å². The van der Waals surface area contributed by atoms with Gasteiger partial charge in [0.25, 0.3) is 0 Å². The summed E-state index contributed by atoms with van der Waals surface area (Å²) in [5.41, 5.74) is 0.208. The van der Waals surface area contributed by atoms with E-state index in [9.17, 15) is 18.3 Å². The zero-order chi connectivity index (χ0) is 16.0. The summed E-state index contributed by atoms with van der Waals surface area (Å²) in [5.74, 6) is 0.208. The van der Waals surface area contributed by atoms with E-state index in [0.717, 1.165) is 0 Å². The average Bonchev–Trinajstić information content (AvgIpc) is 2.41. The minimum Gasteiger partial charge on any atom is -0.395 e. The van der Waals surface area contributed by atoms with Gasteiger partial charge in [-0.3, -0.25) is 5.32 Å². The SMILES string of the molecule is CSc1ccccc1[C@H](N[C@H](CO)CC(C)C)C(F)(F)F. The molecule has 0 aliphatic carbocycles. The summed E-state index contributed by atoms with van der Waals surface area (Å²) < 4.78 is 40.2. The summed E-state index contributed by atoms with van der Waals surface area (Å²) in [6.45, 7) is 3.53. The largest absolute Gasteiger partial charge is 0.407 e. The Hall–Kier alpha value is -0.720. The van der Waals surface area contributed by atoms with Crippen molar-refractivity contribution in [3.63, 3.8) is 0 Å². The van der Waals surface area contributed by atoms with Gasteiger partial charge in [-0.2, -0.15) is 13.2 Å². The van der Waals surface area contributed by atoms with Gasteiger partial charge < -0.3 is 5.11 Å². The molecule has 6 heteroatoms. The highest BCUT2D eigenvalue weighted by Crippen LogP contribution is 2.37. The van der Waals surface area contributed by atoms with Gasteiger partial charge in [0.2, 0.25) is 0 Å². The fraction of sp³-hybridized carbons (Fsp3) is 0.600. The normalized spacial score (nSPS) is 15.2. The smallest absolute Gasteiger partial charge is 0.395 e. The molecular weight excluding hydrogens is 299 g/mol. The molecule has 0 aromatic heterocycles. The molecule has 1 aromatic rings. The number of thioether (sulfide) groups is 1. The van der Waals surface area contributed by atoms with Crippen LogP contribution in [0.3, 0.4) is 0 Å². The number of rotatable bonds is 7. The van der Waals surface area contributed by atoms with E-state index in [4.69, 9.17) is 0 Å². The average molecular weight is 321 g/mol. The number of alkyl halides is 3. The monoisotopic (exact) mass is 321 g/mol. The molecule has 0 saturated heterocycles. The Balaban J connectivity index is 3.06. The molecule has 0 aliphatic rings. The third-order valence-corrected chi connectivity index (χ3v) is 3.97. The van der Waals surface area contributed by atoms with Crippen molar-refractivity contribution in [3.8, 4) is 0 Å². The van der Waals surface area contributed by atoms with Gasteiger partial charge in [0, 0.05) is 10.9 Å². The lowest BCUT2D eigenvalue weighted by molar-refractivity contribution is -0.161.